The van der Waals surface area contributed by atoms with Gasteiger partial charge in [-0.1, -0.05) is 26.1 Å². The molecule has 2 aliphatic carbocycles. The third kappa shape index (κ3) is 2.91. The van der Waals surface area contributed by atoms with Crippen LogP contribution >= 0.6 is 12.2 Å². The predicted octanol–water partition coefficient (Wildman–Crippen LogP) is 3.44. The van der Waals surface area contributed by atoms with Crippen molar-refractivity contribution in [1.29, 1.82) is 0 Å². The number of aryl methyl sites for hydroxylation is 2. The molecule has 3 N–H and O–H groups in total. The van der Waals surface area contributed by atoms with Gasteiger partial charge in [0, 0.05) is 12.2 Å². The molecule has 2 aliphatic rings. The van der Waals surface area contributed by atoms with Crippen molar-refractivity contribution < 1.29 is 0 Å². The number of hydrogen-bond acceptors (Lipinski definition) is 3. The topological polar surface area (TPSA) is 50.9 Å². The SMILES string of the molecule is CC(C)C1(CNc2nc3c(cc2C(N)=S)CCCC3)CC1. The Balaban J connectivity index is 1.84. The van der Waals surface area contributed by atoms with E-state index in [1.165, 1.54) is 36.9 Å². The molecule has 21 heavy (non-hydrogen) atoms. The number of fused-ring (bicyclic) bond motifs is 1. The number of thiocarbonyl (C=S) groups is 1. The fourth-order valence-corrected chi connectivity index (χ4v) is 3.49. The van der Waals surface area contributed by atoms with Crippen LogP contribution in [-0.4, -0.2) is 16.5 Å². The van der Waals surface area contributed by atoms with Gasteiger partial charge in [-0.3, -0.25) is 0 Å². The minimum absolute atomic E-state index is 0.449. The minimum Gasteiger partial charge on any atom is -0.389 e. The number of nitrogens with one attached hydrogen (secondary N) is 1. The van der Waals surface area contributed by atoms with Gasteiger partial charge in [-0.15, -0.1) is 0 Å². The van der Waals surface area contributed by atoms with Crippen LogP contribution in [0.3, 0.4) is 0 Å². The highest BCUT2D eigenvalue weighted by Crippen LogP contribution is 2.51. The molecule has 4 heteroatoms. The molecule has 1 fully saturated rings. The van der Waals surface area contributed by atoms with Gasteiger partial charge in [-0.05, 0) is 61.5 Å². The maximum absolute atomic E-state index is 5.91. The number of rotatable bonds is 5. The average Bonchev–Trinajstić information content (AvgIpc) is 3.25. The van der Waals surface area contributed by atoms with Crippen LogP contribution in [0, 0.1) is 11.3 Å². The van der Waals surface area contributed by atoms with Crippen molar-refractivity contribution in [1.82, 2.24) is 4.98 Å². The van der Waals surface area contributed by atoms with Gasteiger partial charge in [0.2, 0.25) is 0 Å². The van der Waals surface area contributed by atoms with Gasteiger partial charge in [0.15, 0.2) is 0 Å². The Morgan fingerprint density at radius 3 is 2.71 bits per heavy atom. The van der Waals surface area contributed by atoms with Gasteiger partial charge in [0.25, 0.3) is 0 Å². The van der Waals surface area contributed by atoms with Crippen molar-refractivity contribution in [2.24, 2.45) is 17.1 Å². The van der Waals surface area contributed by atoms with E-state index in [4.69, 9.17) is 22.9 Å². The van der Waals surface area contributed by atoms with E-state index in [0.29, 0.717) is 16.3 Å². The monoisotopic (exact) mass is 303 g/mol. The summed E-state index contributed by atoms with van der Waals surface area (Å²) in [5, 5.41) is 3.55. The molecule has 0 spiro atoms. The molecule has 0 bridgehead atoms. The molecule has 0 unspecified atom stereocenters. The van der Waals surface area contributed by atoms with E-state index >= 15 is 0 Å². The Kier molecular flexibility index (Phi) is 3.91. The predicted molar refractivity (Wildman–Crippen MR) is 91.8 cm³/mol. The molecule has 0 radical (unpaired) electrons. The largest absolute Gasteiger partial charge is 0.389 e. The summed E-state index contributed by atoms with van der Waals surface area (Å²) in [6.45, 7) is 5.60. The Labute approximate surface area is 132 Å². The van der Waals surface area contributed by atoms with E-state index in [9.17, 15) is 0 Å². The molecule has 1 heterocycles. The smallest absolute Gasteiger partial charge is 0.136 e. The Morgan fingerprint density at radius 1 is 1.38 bits per heavy atom. The second kappa shape index (κ2) is 5.56. The van der Waals surface area contributed by atoms with Crippen molar-refractivity contribution in [3.05, 3.63) is 22.9 Å². The summed E-state index contributed by atoms with van der Waals surface area (Å²) < 4.78 is 0. The second-order valence-electron chi connectivity index (χ2n) is 6.93. The molecular formula is C17H25N3S. The summed E-state index contributed by atoms with van der Waals surface area (Å²) in [5.41, 5.74) is 9.85. The van der Waals surface area contributed by atoms with Crippen molar-refractivity contribution in [3.8, 4) is 0 Å². The van der Waals surface area contributed by atoms with Crippen LogP contribution in [0.4, 0.5) is 5.82 Å². The van der Waals surface area contributed by atoms with Gasteiger partial charge >= 0.3 is 0 Å². The zero-order valence-corrected chi connectivity index (χ0v) is 13.9. The first-order valence-corrected chi connectivity index (χ1v) is 8.49. The maximum atomic E-state index is 5.91. The van der Waals surface area contributed by atoms with Crippen LogP contribution in [0.1, 0.15) is 56.4 Å². The molecule has 0 aliphatic heterocycles. The van der Waals surface area contributed by atoms with E-state index in [-0.39, 0.29) is 0 Å². The lowest BCUT2D eigenvalue weighted by Gasteiger charge is -2.23. The molecule has 0 saturated heterocycles. The summed E-state index contributed by atoms with van der Waals surface area (Å²) in [6, 6.07) is 2.17. The quantitative estimate of drug-likeness (QED) is 0.818. The first-order valence-electron chi connectivity index (χ1n) is 8.08. The third-order valence-corrected chi connectivity index (χ3v) is 5.51. The summed E-state index contributed by atoms with van der Waals surface area (Å²) in [6.07, 6.45) is 7.29. The van der Waals surface area contributed by atoms with Crippen molar-refractivity contribution in [3.63, 3.8) is 0 Å². The second-order valence-corrected chi connectivity index (χ2v) is 7.37. The Bertz CT molecular complexity index is 561. The standard InChI is InChI=1S/C17H25N3S/c1-11(2)17(7-8-17)10-19-16-13(15(18)21)9-12-5-3-4-6-14(12)20-16/h9,11H,3-8,10H2,1-2H3,(H2,18,21)(H,19,20). The van der Waals surface area contributed by atoms with E-state index in [0.717, 1.165) is 30.8 Å². The molecule has 0 atom stereocenters. The van der Waals surface area contributed by atoms with E-state index < -0.39 is 0 Å². The summed E-state index contributed by atoms with van der Waals surface area (Å²) in [5.74, 6) is 1.60. The fourth-order valence-electron chi connectivity index (χ4n) is 3.33. The van der Waals surface area contributed by atoms with Crippen LogP contribution in [0.5, 0.6) is 0 Å². The number of pyridine rings is 1. The van der Waals surface area contributed by atoms with E-state index in [2.05, 4.69) is 25.2 Å². The zero-order chi connectivity index (χ0) is 15.0. The molecule has 1 saturated carbocycles. The molecule has 3 rings (SSSR count). The van der Waals surface area contributed by atoms with Crippen LogP contribution in [0.2, 0.25) is 0 Å². The van der Waals surface area contributed by atoms with Gasteiger partial charge in [0.1, 0.15) is 10.8 Å². The Hall–Kier alpha value is -1.16. The summed E-state index contributed by atoms with van der Waals surface area (Å²) in [4.78, 5) is 5.30. The van der Waals surface area contributed by atoms with E-state index in [1.807, 2.05) is 0 Å². The molecular weight excluding hydrogens is 278 g/mol. The number of aromatic nitrogens is 1. The van der Waals surface area contributed by atoms with Crippen molar-refractivity contribution in [2.45, 2.75) is 52.4 Å². The molecule has 0 aromatic carbocycles. The fraction of sp³-hybridized carbons (Fsp3) is 0.647. The van der Waals surface area contributed by atoms with Gasteiger partial charge < -0.3 is 11.1 Å². The van der Waals surface area contributed by atoms with Crippen LogP contribution in [-0.2, 0) is 12.8 Å². The van der Waals surface area contributed by atoms with Gasteiger partial charge in [-0.2, -0.15) is 0 Å². The molecule has 1 aromatic rings. The first kappa shape index (κ1) is 14.8. The number of anilines is 1. The Morgan fingerprint density at radius 2 is 2.10 bits per heavy atom. The first-order chi connectivity index (χ1) is 10.0. The van der Waals surface area contributed by atoms with Crippen molar-refractivity contribution in [2.75, 3.05) is 11.9 Å². The molecule has 1 aromatic heterocycles. The van der Waals surface area contributed by atoms with E-state index in [1.54, 1.807) is 0 Å². The molecule has 114 valence electrons. The highest BCUT2D eigenvalue weighted by molar-refractivity contribution is 7.80. The van der Waals surface area contributed by atoms with Crippen LogP contribution in [0.25, 0.3) is 0 Å². The minimum atomic E-state index is 0.449. The third-order valence-electron chi connectivity index (χ3n) is 5.29. The summed E-state index contributed by atoms with van der Waals surface area (Å²) in [7, 11) is 0. The molecule has 0 amide bonds. The lowest BCUT2D eigenvalue weighted by Crippen LogP contribution is -2.24. The number of nitrogens with zero attached hydrogens (tertiary/aromatic N) is 1. The van der Waals surface area contributed by atoms with Gasteiger partial charge in [-0.25, -0.2) is 4.98 Å². The highest BCUT2D eigenvalue weighted by Gasteiger charge is 2.45. The lowest BCUT2D eigenvalue weighted by molar-refractivity contribution is 0.380. The average molecular weight is 303 g/mol. The maximum Gasteiger partial charge on any atom is 0.136 e. The summed E-state index contributed by atoms with van der Waals surface area (Å²) >= 11 is 5.23. The van der Waals surface area contributed by atoms with Crippen LogP contribution < -0.4 is 11.1 Å². The normalized spacial score (nSPS) is 19.2. The lowest BCUT2D eigenvalue weighted by atomic mass is 9.92. The van der Waals surface area contributed by atoms with Crippen LogP contribution in [0.15, 0.2) is 6.07 Å². The van der Waals surface area contributed by atoms with Crippen molar-refractivity contribution >= 4 is 23.0 Å². The number of hydrogen-bond donors (Lipinski definition) is 2. The molecule has 3 nitrogen and oxygen atoms in total. The highest BCUT2D eigenvalue weighted by atomic mass is 32.1. The zero-order valence-electron chi connectivity index (χ0n) is 13.0. The van der Waals surface area contributed by atoms with Gasteiger partial charge in [0.05, 0.1) is 5.56 Å². The number of nitrogens with two attached hydrogens (primary N) is 1.